The Kier molecular flexibility index (Phi) is 9.06. The van der Waals surface area contributed by atoms with E-state index in [0.29, 0.717) is 26.4 Å². The van der Waals surface area contributed by atoms with Crippen molar-refractivity contribution in [3.8, 4) is 17.6 Å². The number of hydrogen-bond acceptors (Lipinski definition) is 5. The number of hydrogen-bond donors (Lipinski definition) is 0. The van der Waals surface area contributed by atoms with Gasteiger partial charge in [0.2, 0.25) is 0 Å². The molecule has 0 heterocycles. The van der Waals surface area contributed by atoms with E-state index in [9.17, 15) is 4.79 Å². The standard InChI is InChI=1S/C23H27NO4/c1-4-28-23(25)14-9-15-24(2)22(20-12-8-13-21(16-20)26-3)18-27-17-19-10-6-5-7-11-19/h5-8,10-13,16,22H,4,15,17-18H2,1-3H3. The van der Waals surface area contributed by atoms with Crippen molar-refractivity contribution >= 4 is 5.97 Å². The minimum atomic E-state index is -0.505. The van der Waals surface area contributed by atoms with Gasteiger partial charge in [0.25, 0.3) is 0 Å². The predicted octanol–water partition coefficient (Wildman–Crippen LogP) is 3.45. The molecule has 0 fully saturated rings. The summed E-state index contributed by atoms with van der Waals surface area (Å²) in [6, 6.07) is 17.9. The van der Waals surface area contributed by atoms with Crippen LogP contribution < -0.4 is 4.74 Å². The molecule has 1 unspecified atom stereocenters. The van der Waals surface area contributed by atoms with Crippen LogP contribution in [0.1, 0.15) is 24.1 Å². The first-order valence-electron chi connectivity index (χ1n) is 9.25. The third kappa shape index (κ3) is 7.07. The summed E-state index contributed by atoms with van der Waals surface area (Å²) in [6.45, 7) is 3.51. The van der Waals surface area contributed by atoms with Gasteiger partial charge in [-0.05, 0) is 37.2 Å². The lowest BCUT2D eigenvalue weighted by Crippen LogP contribution is -2.29. The molecule has 0 amide bonds. The Balaban J connectivity index is 2.07. The fraction of sp³-hybridized carbons (Fsp3) is 0.348. The molecule has 0 aliphatic rings. The molecule has 28 heavy (non-hydrogen) atoms. The first-order chi connectivity index (χ1) is 13.6. The molecule has 1 atom stereocenters. The Hall–Kier alpha value is -2.81. The predicted molar refractivity (Wildman–Crippen MR) is 109 cm³/mol. The van der Waals surface area contributed by atoms with Crippen LogP contribution in [0.25, 0.3) is 0 Å². The molecule has 0 saturated heterocycles. The zero-order chi connectivity index (χ0) is 20.2. The minimum absolute atomic E-state index is 0.0321. The summed E-state index contributed by atoms with van der Waals surface area (Å²) in [5.41, 5.74) is 2.18. The number of rotatable bonds is 9. The highest BCUT2D eigenvalue weighted by atomic mass is 16.5. The van der Waals surface area contributed by atoms with E-state index in [0.717, 1.165) is 16.9 Å². The quantitative estimate of drug-likeness (QED) is 0.378. The molecular weight excluding hydrogens is 354 g/mol. The van der Waals surface area contributed by atoms with Crippen LogP contribution in [0, 0.1) is 11.8 Å². The second-order valence-corrected chi connectivity index (χ2v) is 6.23. The number of likely N-dealkylation sites (N-methyl/N-ethyl adjacent to an activating group) is 1. The summed E-state index contributed by atoms with van der Waals surface area (Å²) in [6.07, 6.45) is 0. The van der Waals surface area contributed by atoms with E-state index in [1.807, 2.05) is 66.5 Å². The van der Waals surface area contributed by atoms with Gasteiger partial charge in [-0.1, -0.05) is 48.4 Å². The Morgan fingerprint density at radius 3 is 2.64 bits per heavy atom. The van der Waals surface area contributed by atoms with E-state index in [2.05, 4.69) is 11.8 Å². The molecule has 0 radical (unpaired) electrons. The zero-order valence-electron chi connectivity index (χ0n) is 16.7. The average Bonchev–Trinajstić information content (AvgIpc) is 2.72. The van der Waals surface area contributed by atoms with Gasteiger partial charge in [0.15, 0.2) is 0 Å². The highest BCUT2D eigenvalue weighted by Crippen LogP contribution is 2.24. The van der Waals surface area contributed by atoms with Crippen molar-refractivity contribution in [3.63, 3.8) is 0 Å². The van der Waals surface area contributed by atoms with Crippen molar-refractivity contribution in [1.29, 1.82) is 0 Å². The molecule has 2 aromatic rings. The summed E-state index contributed by atoms with van der Waals surface area (Å²) in [7, 11) is 3.60. The number of carbonyl (C=O) groups excluding carboxylic acids is 1. The lowest BCUT2D eigenvalue weighted by atomic mass is 10.1. The molecule has 0 N–H and O–H groups in total. The SMILES string of the molecule is CCOC(=O)C#CCN(C)C(COCc1ccccc1)c1cccc(OC)c1. The molecule has 2 rings (SSSR count). The Labute approximate surface area is 167 Å². The lowest BCUT2D eigenvalue weighted by molar-refractivity contribution is -0.136. The molecule has 0 spiro atoms. The van der Waals surface area contributed by atoms with Crippen LogP contribution in [0.4, 0.5) is 0 Å². The summed E-state index contributed by atoms with van der Waals surface area (Å²) in [4.78, 5) is 13.5. The topological polar surface area (TPSA) is 48.0 Å². The van der Waals surface area contributed by atoms with E-state index in [4.69, 9.17) is 14.2 Å². The first-order valence-corrected chi connectivity index (χ1v) is 9.25. The molecular formula is C23H27NO4. The van der Waals surface area contributed by atoms with E-state index in [-0.39, 0.29) is 6.04 Å². The monoisotopic (exact) mass is 381 g/mol. The Morgan fingerprint density at radius 1 is 1.14 bits per heavy atom. The fourth-order valence-electron chi connectivity index (χ4n) is 2.70. The number of benzene rings is 2. The van der Waals surface area contributed by atoms with Crippen molar-refractivity contribution in [2.75, 3.05) is 33.9 Å². The van der Waals surface area contributed by atoms with Gasteiger partial charge in [0.1, 0.15) is 5.75 Å². The molecule has 5 heteroatoms. The number of nitrogens with zero attached hydrogens (tertiary/aromatic N) is 1. The number of carbonyl (C=O) groups is 1. The van der Waals surface area contributed by atoms with Crippen LogP contribution in [-0.2, 0) is 20.9 Å². The second kappa shape index (κ2) is 11.8. The maximum absolute atomic E-state index is 11.4. The zero-order valence-corrected chi connectivity index (χ0v) is 16.7. The largest absolute Gasteiger partial charge is 0.497 e. The van der Waals surface area contributed by atoms with Gasteiger partial charge in [-0.2, -0.15) is 0 Å². The summed E-state index contributed by atoms with van der Waals surface area (Å²) in [5.74, 6) is 5.66. The van der Waals surface area contributed by atoms with Gasteiger partial charge in [-0.3, -0.25) is 4.90 Å². The van der Waals surface area contributed by atoms with Crippen LogP contribution in [0.3, 0.4) is 0 Å². The Bertz CT molecular complexity index is 795. The van der Waals surface area contributed by atoms with Crippen molar-refractivity contribution in [2.24, 2.45) is 0 Å². The first kappa shape index (κ1) is 21.5. The Morgan fingerprint density at radius 2 is 1.93 bits per heavy atom. The van der Waals surface area contributed by atoms with Crippen molar-refractivity contribution in [3.05, 3.63) is 65.7 Å². The highest BCUT2D eigenvalue weighted by Gasteiger charge is 2.17. The van der Waals surface area contributed by atoms with Gasteiger partial charge in [0.05, 0.1) is 39.5 Å². The minimum Gasteiger partial charge on any atom is -0.497 e. The van der Waals surface area contributed by atoms with E-state index >= 15 is 0 Å². The van der Waals surface area contributed by atoms with E-state index in [1.54, 1.807) is 14.0 Å². The summed E-state index contributed by atoms with van der Waals surface area (Å²) < 4.78 is 16.2. The summed E-state index contributed by atoms with van der Waals surface area (Å²) >= 11 is 0. The van der Waals surface area contributed by atoms with Crippen LogP contribution in [-0.4, -0.2) is 44.8 Å². The van der Waals surface area contributed by atoms with E-state index < -0.39 is 5.97 Å². The molecule has 0 saturated carbocycles. The average molecular weight is 381 g/mol. The van der Waals surface area contributed by atoms with Gasteiger partial charge < -0.3 is 14.2 Å². The molecule has 2 aromatic carbocycles. The smallest absolute Gasteiger partial charge is 0.384 e. The third-order valence-corrected chi connectivity index (χ3v) is 4.19. The maximum atomic E-state index is 11.4. The fourth-order valence-corrected chi connectivity index (χ4v) is 2.70. The van der Waals surface area contributed by atoms with Gasteiger partial charge in [-0.25, -0.2) is 4.79 Å². The van der Waals surface area contributed by atoms with Crippen LogP contribution >= 0.6 is 0 Å². The van der Waals surface area contributed by atoms with Crippen molar-refractivity contribution < 1.29 is 19.0 Å². The van der Waals surface area contributed by atoms with Gasteiger partial charge in [-0.15, -0.1) is 0 Å². The normalized spacial score (nSPS) is 11.4. The van der Waals surface area contributed by atoms with Crippen LogP contribution in [0.5, 0.6) is 5.75 Å². The van der Waals surface area contributed by atoms with Crippen molar-refractivity contribution in [2.45, 2.75) is 19.6 Å². The second-order valence-electron chi connectivity index (χ2n) is 6.23. The highest BCUT2D eigenvalue weighted by molar-refractivity contribution is 5.88. The molecule has 0 bridgehead atoms. The molecule has 5 nitrogen and oxygen atoms in total. The van der Waals surface area contributed by atoms with Gasteiger partial charge in [0, 0.05) is 5.92 Å². The molecule has 0 aliphatic heterocycles. The lowest BCUT2D eigenvalue weighted by Gasteiger charge is -2.27. The number of methoxy groups -OCH3 is 1. The molecule has 0 aromatic heterocycles. The summed E-state index contributed by atoms with van der Waals surface area (Å²) in [5, 5.41) is 0. The van der Waals surface area contributed by atoms with Crippen molar-refractivity contribution in [1.82, 2.24) is 4.90 Å². The van der Waals surface area contributed by atoms with E-state index in [1.165, 1.54) is 0 Å². The molecule has 148 valence electrons. The van der Waals surface area contributed by atoms with Crippen LogP contribution in [0.2, 0.25) is 0 Å². The number of ether oxygens (including phenoxy) is 3. The maximum Gasteiger partial charge on any atom is 0.384 e. The molecule has 0 aliphatic carbocycles. The number of esters is 1. The van der Waals surface area contributed by atoms with Crippen LogP contribution in [0.15, 0.2) is 54.6 Å². The van der Waals surface area contributed by atoms with Gasteiger partial charge >= 0.3 is 5.97 Å². The third-order valence-electron chi connectivity index (χ3n) is 4.19.